The molecular weight excluding hydrogens is 354 g/mol. The van der Waals surface area contributed by atoms with E-state index in [1.807, 2.05) is 26.8 Å². The van der Waals surface area contributed by atoms with Gasteiger partial charge in [-0.05, 0) is 50.6 Å². The normalized spacial score (nSPS) is 12.6. The number of nitrogens with zero attached hydrogens (tertiary/aromatic N) is 1. The molecule has 0 aliphatic carbocycles. The van der Waals surface area contributed by atoms with Gasteiger partial charge in [-0.2, -0.15) is 5.10 Å². The highest BCUT2D eigenvalue weighted by molar-refractivity contribution is 7.89. The lowest BCUT2D eigenvalue weighted by Gasteiger charge is -2.14. The predicted octanol–water partition coefficient (Wildman–Crippen LogP) is 2.16. The van der Waals surface area contributed by atoms with Crippen LogP contribution in [0.1, 0.15) is 31.7 Å². The van der Waals surface area contributed by atoms with Crippen molar-refractivity contribution < 1.29 is 13.2 Å². The van der Waals surface area contributed by atoms with Crippen molar-refractivity contribution in [3.05, 3.63) is 41.7 Å². The SMILES string of the molecule is CCCNS(=O)(=O)c1ccc(NC(=O)NC(C)Cc2cc(C)[nH]n2)cc1. The largest absolute Gasteiger partial charge is 0.335 e. The summed E-state index contributed by atoms with van der Waals surface area (Å²) in [5.41, 5.74) is 2.37. The number of hydrogen-bond acceptors (Lipinski definition) is 4. The van der Waals surface area contributed by atoms with E-state index in [1.165, 1.54) is 12.1 Å². The summed E-state index contributed by atoms with van der Waals surface area (Å²) < 4.78 is 26.6. The number of H-pyrrole nitrogens is 1. The summed E-state index contributed by atoms with van der Waals surface area (Å²) in [6.45, 7) is 6.09. The molecule has 0 aliphatic heterocycles. The molecule has 2 amide bonds. The molecule has 0 fully saturated rings. The Balaban J connectivity index is 1.88. The van der Waals surface area contributed by atoms with E-state index in [1.54, 1.807) is 12.1 Å². The molecular formula is C17H25N5O3S. The van der Waals surface area contributed by atoms with Gasteiger partial charge in [0, 0.05) is 30.4 Å². The number of anilines is 1. The van der Waals surface area contributed by atoms with Crippen molar-refractivity contribution in [2.24, 2.45) is 0 Å². The zero-order valence-electron chi connectivity index (χ0n) is 15.2. The molecule has 0 bridgehead atoms. The van der Waals surface area contributed by atoms with E-state index in [0.29, 0.717) is 18.7 Å². The molecule has 0 spiro atoms. The summed E-state index contributed by atoms with van der Waals surface area (Å²) in [7, 11) is -3.51. The molecule has 8 nitrogen and oxygen atoms in total. The molecule has 1 unspecified atom stereocenters. The van der Waals surface area contributed by atoms with Crippen molar-refractivity contribution in [2.75, 3.05) is 11.9 Å². The number of amides is 2. The van der Waals surface area contributed by atoms with Crippen LogP contribution in [0.15, 0.2) is 35.2 Å². The molecule has 142 valence electrons. The maximum atomic E-state index is 12.1. The number of hydrogen-bond donors (Lipinski definition) is 4. The zero-order chi connectivity index (χ0) is 19.2. The molecule has 1 aromatic carbocycles. The predicted molar refractivity (Wildman–Crippen MR) is 101 cm³/mol. The fourth-order valence-corrected chi connectivity index (χ4v) is 3.51. The lowest BCUT2D eigenvalue weighted by Crippen LogP contribution is -2.37. The Bertz CT molecular complexity index is 830. The van der Waals surface area contributed by atoms with Gasteiger partial charge in [-0.15, -0.1) is 0 Å². The van der Waals surface area contributed by atoms with E-state index >= 15 is 0 Å². The van der Waals surface area contributed by atoms with Crippen molar-refractivity contribution in [1.82, 2.24) is 20.2 Å². The number of sulfonamides is 1. The van der Waals surface area contributed by atoms with Crippen LogP contribution in [-0.2, 0) is 16.4 Å². The summed E-state index contributed by atoms with van der Waals surface area (Å²) in [5, 5.41) is 12.5. The second-order valence-electron chi connectivity index (χ2n) is 6.17. The van der Waals surface area contributed by atoms with Gasteiger partial charge in [0.15, 0.2) is 0 Å². The maximum absolute atomic E-state index is 12.1. The van der Waals surface area contributed by atoms with E-state index in [9.17, 15) is 13.2 Å². The van der Waals surface area contributed by atoms with Crippen molar-refractivity contribution in [1.29, 1.82) is 0 Å². The number of aryl methyl sites for hydroxylation is 1. The van der Waals surface area contributed by atoms with E-state index < -0.39 is 10.0 Å². The van der Waals surface area contributed by atoms with Crippen molar-refractivity contribution in [2.45, 2.75) is 44.6 Å². The van der Waals surface area contributed by atoms with Gasteiger partial charge in [-0.25, -0.2) is 17.9 Å². The first kappa shape index (κ1) is 19.9. The van der Waals surface area contributed by atoms with Crippen LogP contribution in [-0.4, -0.2) is 37.2 Å². The molecule has 0 radical (unpaired) electrons. The summed E-state index contributed by atoms with van der Waals surface area (Å²) in [6.07, 6.45) is 1.33. The van der Waals surface area contributed by atoms with Crippen molar-refractivity contribution in [3.8, 4) is 0 Å². The van der Waals surface area contributed by atoms with Crippen molar-refractivity contribution in [3.63, 3.8) is 0 Å². The second-order valence-corrected chi connectivity index (χ2v) is 7.94. The minimum Gasteiger partial charge on any atom is -0.335 e. The van der Waals surface area contributed by atoms with Crippen LogP contribution in [0.25, 0.3) is 0 Å². The standard InChI is InChI=1S/C17H25N5O3S/c1-4-9-18-26(24,25)16-7-5-14(6-8-16)20-17(23)19-12(2)10-15-11-13(3)21-22-15/h5-8,11-12,18H,4,9-10H2,1-3H3,(H,21,22)(H2,19,20,23). The number of carbonyl (C=O) groups excluding carboxylic acids is 1. The molecule has 1 aromatic heterocycles. The molecule has 1 atom stereocenters. The lowest BCUT2D eigenvalue weighted by molar-refractivity contribution is 0.249. The maximum Gasteiger partial charge on any atom is 0.319 e. The first-order valence-corrected chi connectivity index (χ1v) is 9.96. The minimum atomic E-state index is -3.51. The van der Waals surface area contributed by atoms with Crippen molar-refractivity contribution >= 4 is 21.7 Å². The van der Waals surface area contributed by atoms with Crippen LogP contribution in [0.2, 0.25) is 0 Å². The monoisotopic (exact) mass is 379 g/mol. The van der Waals surface area contributed by atoms with Gasteiger partial charge < -0.3 is 10.6 Å². The number of urea groups is 1. The fourth-order valence-electron chi connectivity index (χ4n) is 2.37. The van der Waals surface area contributed by atoms with Gasteiger partial charge in [0.05, 0.1) is 10.6 Å². The second kappa shape index (κ2) is 8.81. The lowest BCUT2D eigenvalue weighted by atomic mass is 10.2. The first-order valence-electron chi connectivity index (χ1n) is 8.48. The van der Waals surface area contributed by atoms with Crippen LogP contribution < -0.4 is 15.4 Å². The first-order chi connectivity index (χ1) is 12.3. The fraction of sp³-hybridized carbons (Fsp3) is 0.412. The third-order valence-electron chi connectivity index (χ3n) is 3.62. The molecule has 2 aromatic rings. The quantitative estimate of drug-likeness (QED) is 0.562. The highest BCUT2D eigenvalue weighted by Gasteiger charge is 2.14. The number of carbonyl (C=O) groups is 1. The Morgan fingerprint density at radius 1 is 1.27 bits per heavy atom. The van der Waals surface area contributed by atoms with Crippen LogP contribution >= 0.6 is 0 Å². The molecule has 0 saturated heterocycles. The Labute approximate surface area is 153 Å². The molecule has 26 heavy (non-hydrogen) atoms. The molecule has 0 aliphatic rings. The summed E-state index contributed by atoms with van der Waals surface area (Å²) in [5.74, 6) is 0. The number of aromatic nitrogens is 2. The average molecular weight is 379 g/mol. The number of rotatable bonds is 8. The Morgan fingerprint density at radius 3 is 2.54 bits per heavy atom. The molecule has 9 heteroatoms. The van der Waals surface area contributed by atoms with Gasteiger partial charge in [-0.3, -0.25) is 5.10 Å². The molecule has 1 heterocycles. The smallest absolute Gasteiger partial charge is 0.319 e. The minimum absolute atomic E-state index is 0.101. The van der Waals surface area contributed by atoms with Gasteiger partial charge in [0.25, 0.3) is 0 Å². The molecule has 2 rings (SSSR count). The zero-order valence-corrected chi connectivity index (χ0v) is 16.0. The molecule has 4 N–H and O–H groups in total. The number of nitrogens with one attached hydrogen (secondary N) is 4. The van der Waals surface area contributed by atoms with Gasteiger partial charge in [0.2, 0.25) is 10.0 Å². The van der Waals surface area contributed by atoms with Crippen LogP contribution in [0.3, 0.4) is 0 Å². The third kappa shape index (κ3) is 5.85. The number of aromatic amines is 1. The van der Waals surface area contributed by atoms with E-state index in [2.05, 4.69) is 25.6 Å². The van der Waals surface area contributed by atoms with Crippen LogP contribution in [0.5, 0.6) is 0 Å². The Morgan fingerprint density at radius 2 is 1.96 bits per heavy atom. The highest BCUT2D eigenvalue weighted by Crippen LogP contribution is 2.14. The summed E-state index contributed by atoms with van der Waals surface area (Å²) in [6, 6.07) is 7.51. The van der Waals surface area contributed by atoms with Crippen LogP contribution in [0.4, 0.5) is 10.5 Å². The average Bonchev–Trinajstić information content (AvgIpc) is 2.98. The van der Waals surface area contributed by atoms with E-state index in [-0.39, 0.29) is 17.0 Å². The highest BCUT2D eigenvalue weighted by atomic mass is 32.2. The van der Waals surface area contributed by atoms with E-state index in [0.717, 1.165) is 17.8 Å². The molecule has 0 saturated carbocycles. The summed E-state index contributed by atoms with van der Waals surface area (Å²) in [4.78, 5) is 12.2. The third-order valence-corrected chi connectivity index (χ3v) is 5.09. The van der Waals surface area contributed by atoms with E-state index in [4.69, 9.17) is 0 Å². The Kier molecular flexibility index (Phi) is 6.76. The van der Waals surface area contributed by atoms with Gasteiger partial charge in [0.1, 0.15) is 0 Å². The number of benzene rings is 1. The topological polar surface area (TPSA) is 116 Å². The summed E-state index contributed by atoms with van der Waals surface area (Å²) >= 11 is 0. The Hall–Kier alpha value is -2.39. The van der Waals surface area contributed by atoms with Crippen LogP contribution in [0, 0.1) is 6.92 Å². The van der Waals surface area contributed by atoms with Gasteiger partial charge in [-0.1, -0.05) is 6.92 Å². The van der Waals surface area contributed by atoms with Gasteiger partial charge >= 0.3 is 6.03 Å².